The van der Waals surface area contributed by atoms with Crippen molar-refractivity contribution in [2.45, 2.75) is 53.4 Å². The van der Waals surface area contributed by atoms with Crippen LogP contribution in [0.25, 0.3) is 0 Å². The Kier molecular flexibility index (Phi) is 4.29. The average molecular weight is 297 g/mol. The molecule has 1 aliphatic rings. The van der Waals surface area contributed by atoms with Crippen LogP contribution in [0.15, 0.2) is 0 Å². The van der Waals surface area contributed by atoms with Crippen LogP contribution in [0.4, 0.5) is 0 Å². The van der Waals surface area contributed by atoms with Gasteiger partial charge in [0.2, 0.25) is 0 Å². The first-order valence-corrected chi connectivity index (χ1v) is 7.81. The molecule has 0 aliphatic heterocycles. The van der Waals surface area contributed by atoms with E-state index in [1.54, 1.807) is 0 Å². The number of halogens is 1. The minimum atomic E-state index is -0.0684. The molecule has 20 heavy (non-hydrogen) atoms. The number of ketones is 1. The van der Waals surface area contributed by atoms with E-state index in [4.69, 9.17) is 11.6 Å². The summed E-state index contributed by atoms with van der Waals surface area (Å²) >= 11 is 6.35. The van der Waals surface area contributed by atoms with Crippen LogP contribution in [0.2, 0.25) is 5.02 Å². The highest BCUT2D eigenvalue weighted by molar-refractivity contribution is 6.31. The van der Waals surface area contributed by atoms with Crippen LogP contribution in [0, 0.1) is 24.2 Å². The van der Waals surface area contributed by atoms with Gasteiger partial charge in [0.05, 0.1) is 16.4 Å². The van der Waals surface area contributed by atoms with Gasteiger partial charge in [-0.3, -0.25) is 9.48 Å². The summed E-state index contributed by atoms with van der Waals surface area (Å²) in [6, 6.07) is 0. The Morgan fingerprint density at radius 1 is 1.40 bits per heavy atom. The number of nitrogens with zero attached hydrogens (tertiary/aromatic N) is 2. The van der Waals surface area contributed by atoms with Crippen molar-refractivity contribution in [3.63, 3.8) is 0 Å². The van der Waals surface area contributed by atoms with Crippen molar-refractivity contribution in [3.05, 3.63) is 16.4 Å². The molecule has 0 saturated heterocycles. The summed E-state index contributed by atoms with van der Waals surface area (Å²) in [5, 5.41) is 5.12. The van der Waals surface area contributed by atoms with E-state index >= 15 is 0 Å². The second kappa shape index (κ2) is 5.51. The summed E-state index contributed by atoms with van der Waals surface area (Å²) in [5.41, 5.74) is 1.84. The number of carbonyl (C=O) groups excluding carboxylic acids is 1. The van der Waals surface area contributed by atoms with Gasteiger partial charge >= 0.3 is 0 Å². The molecule has 1 heterocycles. The first-order chi connectivity index (χ1) is 9.22. The summed E-state index contributed by atoms with van der Waals surface area (Å²) in [6.07, 6.45) is 3.68. The minimum Gasteiger partial charge on any atom is -0.299 e. The van der Waals surface area contributed by atoms with E-state index in [1.165, 1.54) is 0 Å². The van der Waals surface area contributed by atoms with Gasteiger partial charge in [-0.15, -0.1) is 0 Å². The van der Waals surface area contributed by atoms with Gasteiger partial charge in [-0.05, 0) is 37.5 Å². The molecule has 1 aromatic rings. The maximum absolute atomic E-state index is 12.4. The molecule has 112 valence electrons. The molecule has 1 fully saturated rings. The van der Waals surface area contributed by atoms with E-state index in [-0.39, 0.29) is 11.3 Å². The smallest absolute Gasteiger partial charge is 0.136 e. The number of Topliss-reactive ketones (excluding diaryl/α,β-unsaturated/α-hetero) is 1. The molecule has 0 radical (unpaired) electrons. The fraction of sp³-hybridized carbons (Fsp3) is 0.750. The van der Waals surface area contributed by atoms with E-state index < -0.39 is 0 Å². The lowest BCUT2D eigenvalue weighted by atomic mass is 9.66. The predicted octanol–water partition coefficient (Wildman–Crippen LogP) is 3.96. The molecule has 0 aromatic carbocycles. The van der Waals surface area contributed by atoms with Crippen LogP contribution in [0.5, 0.6) is 0 Å². The molecule has 0 amide bonds. The van der Waals surface area contributed by atoms with Gasteiger partial charge in [-0.25, -0.2) is 0 Å². The molecule has 2 unspecified atom stereocenters. The molecule has 2 atom stereocenters. The summed E-state index contributed by atoms with van der Waals surface area (Å²) < 4.78 is 1.86. The van der Waals surface area contributed by atoms with Crippen molar-refractivity contribution in [2.24, 2.45) is 24.3 Å². The van der Waals surface area contributed by atoms with Gasteiger partial charge in [0.1, 0.15) is 5.78 Å². The molecule has 0 bridgehead atoms. The highest BCUT2D eigenvalue weighted by Crippen LogP contribution is 2.41. The van der Waals surface area contributed by atoms with Crippen LogP contribution in [-0.2, 0) is 18.3 Å². The largest absolute Gasteiger partial charge is 0.299 e. The lowest BCUT2D eigenvalue weighted by Crippen LogP contribution is -2.37. The molecule has 4 heteroatoms. The Balaban J connectivity index is 2.20. The van der Waals surface area contributed by atoms with Gasteiger partial charge in [-0.1, -0.05) is 32.4 Å². The number of hydrogen-bond donors (Lipinski definition) is 0. The Labute approximate surface area is 126 Å². The van der Waals surface area contributed by atoms with Gasteiger partial charge in [0.25, 0.3) is 0 Å². The summed E-state index contributed by atoms with van der Waals surface area (Å²) in [6.45, 7) is 8.46. The Morgan fingerprint density at radius 3 is 2.55 bits per heavy atom. The van der Waals surface area contributed by atoms with Crippen LogP contribution in [0.3, 0.4) is 0 Å². The van der Waals surface area contributed by atoms with Crippen LogP contribution >= 0.6 is 11.6 Å². The molecular weight excluding hydrogens is 272 g/mol. The lowest BCUT2D eigenvalue weighted by molar-refractivity contribution is -0.129. The standard InChI is InChI=1S/C16H25ClN2O/c1-10-6-7-12(14(20)8-10)16(3,4)9-13-15(17)11(2)18-19(13)5/h10,12H,6-9H2,1-5H3. The summed E-state index contributed by atoms with van der Waals surface area (Å²) in [5.74, 6) is 1.10. The molecule has 2 rings (SSSR count). The van der Waals surface area contributed by atoms with Gasteiger partial charge < -0.3 is 0 Å². The number of hydrogen-bond acceptors (Lipinski definition) is 2. The third-order valence-corrected chi connectivity index (χ3v) is 5.21. The highest BCUT2D eigenvalue weighted by atomic mass is 35.5. The molecule has 1 aromatic heterocycles. The zero-order chi connectivity index (χ0) is 15.1. The second-order valence-electron chi connectivity index (χ2n) is 7.04. The van der Waals surface area contributed by atoms with Crippen LogP contribution in [-0.4, -0.2) is 15.6 Å². The Morgan fingerprint density at radius 2 is 2.05 bits per heavy atom. The Bertz CT molecular complexity index is 519. The average Bonchev–Trinajstić information content (AvgIpc) is 2.55. The molecule has 0 spiro atoms. The third-order valence-electron chi connectivity index (χ3n) is 4.71. The minimum absolute atomic E-state index is 0.0684. The molecule has 1 saturated carbocycles. The first-order valence-electron chi connectivity index (χ1n) is 7.43. The lowest BCUT2D eigenvalue weighted by Gasteiger charge is -2.37. The van der Waals surface area contributed by atoms with Crippen molar-refractivity contribution in [1.29, 1.82) is 0 Å². The normalized spacial score (nSPS) is 24.2. The van der Waals surface area contributed by atoms with Crippen molar-refractivity contribution in [3.8, 4) is 0 Å². The van der Waals surface area contributed by atoms with E-state index in [1.807, 2.05) is 18.7 Å². The zero-order valence-electron chi connectivity index (χ0n) is 13.2. The zero-order valence-corrected chi connectivity index (χ0v) is 13.9. The first kappa shape index (κ1) is 15.6. The number of aryl methyl sites for hydroxylation is 2. The fourth-order valence-electron chi connectivity index (χ4n) is 3.45. The van der Waals surface area contributed by atoms with Crippen molar-refractivity contribution >= 4 is 17.4 Å². The number of carbonyl (C=O) groups is 1. The number of aromatic nitrogens is 2. The monoisotopic (exact) mass is 296 g/mol. The Hall–Kier alpha value is -0.830. The van der Waals surface area contributed by atoms with Gasteiger partial charge in [0, 0.05) is 19.4 Å². The van der Waals surface area contributed by atoms with E-state index in [2.05, 4.69) is 25.9 Å². The van der Waals surface area contributed by atoms with Gasteiger partial charge in [-0.2, -0.15) is 5.10 Å². The summed E-state index contributed by atoms with van der Waals surface area (Å²) in [7, 11) is 1.93. The maximum atomic E-state index is 12.4. The van der Waals surface area contributed by atoms with Crippen LogP contribution in [0.1, 0.15) is 51.4 Å². The van der Waals surface area contributed by atoms with E-state index in [9.17, 15) is 4.79 Å². The summed E-state index contributed by atoms with van der Waals surface area (Å²) in [4.78, 5) is 12.4. The molecule has 0 N–H and O–H groups in total. The number of rotatable bonds is 3. The van der Waals surface area contributed by atoms with E-state index in [0.717, 1.165) is 42.1 Å². The van der Waals surface area contributed by atoms with E-state index in [0.29, 0.717) is 11.7 Å². The highest BCUT2D eigenvalue weighted by Gasteiger charge is 2.39. The predicted molar refractivity (Wildman–Crippen MR) is 82.0 cm³/mol. The molecular formula is C16H25ClN2O. The SMILES string of the molecule is Cc1nn(C)c(CC(C)(C)C2CCC(C)CC2=O)c1Cl. The third kappa shape index (κ3) is 2.93. The van der Waals surface area contributed by atoms with Crippen molar-refractivity contribution in [1.82, 2.24) is 9.78 Å². The second-order valence-corrected chi connectivity index (χ2v) is 7.42. The topological polar surface area (TPSA) is 34.9 Å². The maximum Gasteiger partial charge on any atom is 0.136 e. The van der Waals surface area contributed by atoms with Crippen molar-refractivity contribution < 1.29 is 4.79 Å². The molecule has 1 aliphatic carbocycles. The van der Waals surface area contributed by atoms with Crippen molar-refractivity contribution in [2.75, 3.05) is 0 Å². The fourth-order valence-corrected chi connectivity index (χ4v) is 3.68. The van der Waals surface area contributed by atoms with Gasteiger partial charge in [0.15, 0.2) is 0 Å². The quantitative estimate of drug-likeness (QED) is 0.846. The molecule has 3 nitrogen and oxygen atoms in total. The van der Waals surface area contributed by atoms with Crippen LogP contribution < -0.4 is 0 Å².